The van der Waals surface area contributed by atoms with Gasteiger partial charge in [0, 0.05) is 28.6 Å². The van der Waals surface area contributed by atoms with Gasteiger partial charge in [-0.2, -0.15) is 0 Å². The fraction of sp³-hybridized carbons (Fsp3) is 0.280. The van der Waals surface area contributed by atoms with E-state index in [0.717, 1.165) is 33.7 Å². The number of hydrogen-bond donors (Lipinski definition) is 2. The zero-order valence-electron chi connectivity index (χ0n) is 17.8. The summed E-state index contributed by atoms with van der Waals surface area (Å²) in [5.74, 6) is 0.812. The van der Waals surface area contributed by atoms with E-state index in [-0.39, 0.29) is 23.4 Å². The van der Waals surface area contributed by atoms with E-state index in [1.54, 1.807) is 12.1 Å². The van der Waals surface area contributed by atoms with Gasteiger partial charge in [0.05, 0.1) is 17.9 Å². The van der Waals surface area contributed by atoms with Crippen LogP contribution in [0, 0.1) is 6.92 Å². The molecule has 2 heterocycles. The van der Waals surface area contributed by atoms with Gasteiger partial charge >= 0.3 is 0 Å². The van der Waals surface area contributed by atoms with E-state index >= 15 is 0 Å². The summed E-state index contributed by atoms with van der Waals surface area (Å²) in [5.41, 5.74) is 5.07. The molecule has 164 valence electrons. The molecule has 2 atom stereocenters. The van der Waals surface area contributed by atoms with Gasteiger partial charge in [0.1, 0.15) is 0 Å². The highest BCUT2D eigenvalue weighted by molar-refractivity contribution is 6.30. The highest BCUT2D eigenvalue weighted by Crippen LogP contribution is 2.49. The Kier molecular flexibility index (Phi) is 5.18. The first-order chi connectivity index (χ1) is 15.5. The van der Waals surface area contributed by atoms with Crippen molar-refractivity contribution in [2.75, 3.05) is 11.9 Å². The summed E-state index contributed by atoms with van der Waals surface area (Å²) < 4.78 is 11.2. The number of carbonyl (C=O) groups is 1. The smallest absolute Gasteiger partial charge is 0.233 e. The van der Waals surface area contributed by atoms with Crippen LogP contribution in [0.15, 0.2) is 58.3 Å². The number of anilines is 1. The number of rotatable bonds is 4. The molecule has 5 rings (SSSR count). The minimum atomic E-state index is -0.342. The molecule has 2 N–H and O–H groups in total. The summed E-state index contributed by atoms with van der Waals surface area (Å²) in [5, 5.41) is 18.3. The highest BCUT2D eigenvalue weighted by Gasteiger charge is 2.41. The fourth-order valence-corrected chi connectivity index (χ4v) is 4.88. The number of allylic oxidation sites excluding steroid dienone is 2. The summed E-state index contributed by atoms with van der Waals surface area (Å²) >= 11 is 6.05. The molecule has 0 unspecified atom stereocenters. The van der Waals surface area contributed by atoms with Crippen molar-refractivity contribution in [3.05, 3.63) is 81.1 Å². The Morgan fingerprint density at radius 2 is 1.94 bits per heavy atom. The first kappa shape index (κ1) is 20.6. The maximum absolute atomic E-state index is 13.5. The Hall–Kier alpha value is -3.25. The number of aromatic hydroxyl groups is 1. The standard InChI is InChI=1S/C25H23ClN2O4/c1-3-31-21-12-15(6-9-19(21)29)23-22-13(2)28-32-25(22)27-18-10-16(11-20(30)24(18)23)14-4-7-17(26)8-5-14/h4-9,12,16,23,27,29H,3,10-11H2,1-2H3/t16-,23-/m1/s1. The van der Waals surface area contributed by atoms with E-state index in [1.165, 1.54) is 0 Å². The lowest BCUT2D eigenvalue weighted by Gasteiger charge is -2.34. The first-order valence-electron chi connectivity index (χ1n) is 10.7. The van der Waals surface area contributed by atoms with Gasteiger partial charge in [-0.15, -0.1) is 0 Å². The molecule has 1 aliphatic heterocycles. The Balaban J connectivity index is 1.61. The molecule has 0 radical (unpaired) electrons. The quantitative estimate of drug-likeness (QED) is 0.530. The summed E-state index contributed by atoms with van der Waals surface area (Å²) in [6, 6.07) is 12.9. The Labute approximate surface area is 190 Å². The van der Waals surface area contributed by atoms with Crippen molar-refractivity contribution < 1.29 is 19.2 Å². The number of hydrogen-bond acceptors (Lipinski definition) is 6. The van der Waals surface area contributed by atoms with E-state index in [1.807, 2.05) is 44.2 Å². The van der Waals surface area contributed by atoms with Crippen LogP contribution in [-0.2, 0) is 4.79 Å². The van der Waals surface area contributed by atoms with Gasteiger partial charge in [-0.1, -0.05) is 35.0 Å². The second-order valence-electron chi connectivity index (χ2n) is 8.20. The molecule has 0 fully saturated rings. The molecule has 0 spiro atoms. The lowest BCUT2D eigenvalue weighted by Crippen LogP contribution is -2.29. The molecule has 2 aromatic carbocycles. The van der Waals surface area contributed by atoms with Crippen LogP contribution in [-0.4, -0.2) is 22.7 Å². The topological polar surface area (TPSA) is 84.6 Å². The number of nitrogens with one attached hydrogen (secondary N) is 1. The fourth-order valence-electron chi connectivity index (χ4n) is 4.76. The molecule has 7 heteroatoms. The number of carbonyl (C=O) groups excluding carboxylic acids is 1. The summed E-state index contributed by atoms with van der Waals surface area (Å²) in [6.07, 6.45) is 1.09. The molecule has 3 aromatic rings. The third-order valence-electron chi connectivity index (χ3n) is 6.22. The summed E-state index contributed by atoms with van der Waals surface area (Å²) in [7, 11) is 0. The normalized spacial score (nSPS) is 19.9. The molecule has 6 nitrogen and oxygen atoms in total. The molecular weight excluding hydrogens is 428 g/mol. The average molecular weight is 451 g/mol. The van der Waals surface area contributed by atoms with Gasteiger partial charge in [0.15, 0.2) is 17.3 Å². The van der Waals surface area contributed by atoms with Gasteiger partial charge in [-0.05, 0) is 61.6 Å². The molecular formula is C25H23ClN2O4. The third kappa shape index (κ3) is 3.45. The maximum Gasteiger partial charge on any atom is 0.233 e. The number of ketones is 1. The SMILES string of the molecule is CCOc1cc([C@H]2C3=C(C[C@@H](c4ccc(Cl)cc4)CC3=O)Nc3onc(C)c32)ccc1O. The minimum absolute atomic E-state index is 0.0519. The van der Waals surface area contributed by atoms with E-state index in [2.05, 4.69) is 10.5 Å². The third-order valence-corrected chi connectivity index (χ3v) is 6.47. The monoisotopic (exact) mass is 450 g/mol. The van der Waals surface area contributed by atoms with Gasteiger partial charge in [0.25, 0.3) is 0 Å². The van der Waals surface area contributed by atoms with Crippen molar-refractivity contribution in [1.82, 2.24) is 5.16 Å². The van der Waals surface area contributed by atoms with E-state index in [9.17, 15) is 9.90 Å². The average Bonchev–Trinajstić information content (AvgIpc) is 3.15. The lowest BCUT2D eigenvalue weighted by molar-refractivity contribution is -0.116. The van der Waals surface area contributed by atoms with Crippen LogP contribution in [0.2, 0.25) is 5.02 Å². The largest absolute Gasteiger partial charge is 0.504 e. The molecule has 1 aromatic heterocycles. The second-order valence-corrected chi connectivity index (χ2v) is 8.64. The van der Waals surface area contributed by atoms with Crippen LogP contribution in [0.25, 0.3) is 0 Å². The number of halogens is 1. The summed E-state index contributed by atoms with van der Waals surface area (Å²) in [6.45, 7) is 4.16. The molecule has 2 aliphatic rings. The number of benzene rings is 2. The van der Waals surface area contributed by atoms with Crippen LogP contribution in [0.4, 0.5) is 5.88 Å². The Morgan fingerprint density at radius 1 is 1.19 bits per heavy atom. The maximum atomic E-state index is 13.5. The van der Waals surface area contributed by atoms with Crippen molar-refractivity contribution in [2.24, 2.45) is 0 Å². The minimum Gasteiger partial charge on any atom is -0.504 e. The summed E-state index contributed by atoms with van der Waals surface area (Å²) in [4.78, 5) is 13.5. The number of phenolic OH excluding ortho intramolecular Hbond substituents is 1. The van der Waals surface area contributed by atoms with Crippen molar-refractivity contribution in [3.63, 3.8) is 0 Å². The first-order valence-corrected chi connectivity index (χ1v) is 11.0. The number of Topliss-reactive ketones (excluding diaryl/α,β-unsaturated/α-hetero) is 1. The highest BCUT2D eigenvalue weighted by atomic mass is 35.5. The van der Waals surface area contributed by atoms with Crippen molar-refractivity contribution in [2.45, 2.75) is 38.5 Å². The van der Waals surface area contributed by atoms with Crippen LogP contribution >= 0.6 is 11.6 Å². The number of nitrogens with zero attached hydrogens (tertiary/aromatic N) is 1. The number of fused-ring (bicyclic) bond motifs is 1. The van der Waals surface area contributed by atoms with Gasteiger partial charge in [0.2, 0.25) is 5.88 Å². The van der Waals surface area contributed by atoms with Gasteiger partial charge < -0.3 is 19.7 Å². The molecule has 0 saturated carbocycles. The molecule has 0 saturated heterocycles. The molecule has 32 heavy (non-hydrogen) atoms. The van der Waals surface area contributed by atoms with E-state index in [4.69, 9.17) is 20.9 Å². The van der Waals surface area contributed by atoms with Crippen LogP contribution in [0.1, 0.15) is 54.0 Å². The van der Waals surface area contributed by atoms with Crippen molar-refractivity contribution in [3.8, 4) is 11.5 Å². The van der Waals surface area contributed by atoms with Gasteiger partial charge in [-0.3, -0.25) is 4.79 Å². The Bertz CT molecular complexity index is 1230. The van der Waals surface area contributed by atoms with Crippen LogP contribution < -0.4 is 10.1 Å². The number of aryl methyl sites for hydroxylation is 1. The van der Waals surface area contributed by atoms with Gasteiger partial charge in [-0.25, -0.2) is 0 Å². The van der Waals surface area contributed by atoms with Crippen molar-refractivity contribution >= 4 is 23.3 Å². The number of phenols is 1. The number of aromatic nitrogens is 1. The predicted molar refractivity (Wildman–Crippen MR) is 121 cm³/mol. The zero-order chi connectivity index (χ0) is 22.4. The zero-order valence-corrected chi connectivity index (χ0v) is 18.6. The number of ether oxygens (including phenoxy) is 1. The van der Waals surface area contributed by atoms with E-state index in [0.29, 0.717) is 36.1 Å². The van der Waals surface area contributed by atoms with Crippen LogP contribution in [0.3, 0.4) is 0 Å². The lowest BCUT2D eigenvalue weighted by atomic mass is 9.72. The van der Waals surface area contributed by atoms with Crippen molar-refractivity contribution in [1.29, 1.82) is 0 Å². The second kappa shape index (κ2) is 8.02. The molecule has 1 aliphatic carbocycles. The Morgan fingerprint density at radius 3 is 2.69 bits per heavy atom. The predicted octanol–water partition coefficient (Wildman–Crippen LogP) is 5.70. The molecule has 0 bridgehead atoms. The molecule has 0 amide bonds. The van der Waals surface area contributed by atoms with Crippen LogP contribution in [0.5, 0.6) is 11.5 Å². The van der Waals surface area contributed by atoms with E-state index < -0.39 is 0 Å².